The molecule has 0 spiro atoms. The van der Waals surface area contributed by atoms with E-state index in [9.17, 15) is 0 Å². The summed E-state index contributed by atoms with van der Waals surface area (Å²) in [5, 5.41) is 9.09. The Morgan fingerprint density at radius 3 is 2.74 bits per heavy atom. The van der Waals surface area contributed by atoms with Gasteiger partial charge in [-0.3, -0.25) is 0 Å². The summed E-state index contributed by atoms with van der Waals surface area (Å²) in [4.78, 5) is 10.5. The van der Waals surface area contributed by atoms with Crippen molar-refractivity contribution in [1.29, 1.82) is 0 Å². The summed E-state index contributed by atoms with van der Waals surface area (Å²) in [6.45, 7) is 9.59. The van der Waals surface area contributed by atoms with Gasteiger partial charge >= 0.3 is 0 Å². The Kier molecular flexibility index (Phi) is 8.56. The smallest absolute Gasteiger partial charge is 0.191 e. The first-order valence-electron chi connectivity index (χ1n) is 9.16. The lowest BCUT2D eigenvalue weighted by molar-refractivity contribution is 0.641. The van der Waals surface area contributed by atoms with E-state index in [2.05, 4.69) is 75.6 Å². The third-order valence-corrected chi connectivity index (χ3v) is 5.40. The van der Waals surface area contributed by atoms with Crippen LogP contribution in [0.15, 0.2) is 41.5 Å². The summed E-state index contributed by atoms with van der Waals surface area (Å²) < 4.78 is 2.31. The Morgan fingerprint density at radius 2 is 2.00 bits per heavy atom. The maximum atomic E-state index is 4.66. The van der Waals surface area contributed by atoms with Crippen LogP contribution in [-0.2, 0) is 13.1 Å². The molecule has 0 saturated carbocycles. The number of para-hydroxylation sites is 1. The highest BCUT2D eigenvalue weighted by Crippen LogP contribution is 2.17. The zero-order chi connectivity index (χ0) is 18.4. The molecule has 5 nitrogen and oxygen atoms in total. The molecule has 2 N–H and O–H groups in total. The lowest BCUT2D eigenvalue weighted by Gasteiger charge is -2.11. The van der Waals surface area contributed by atoms with Gasteiger partial charge in [0.25, 0.3) is 0 Å². The number of aliphatic imine (C=N–C) groups is 1. The lowest BCUT2D eigenvalue weighted by atomic mass is 10.2. The van der Waals surface area contributed by atoms with Crippen molar-refractivity contribution >= 4 is 52.2 Å². The van der Waals surface area contributed by atoms with Crippen molar-refractivity contribution in [2.45, 2.75) is 40.3 Å². The summed E-state index contributed by atoms with van der Waals surface area (Å²) >= 11 is 1.73. The molecule has 7 heteroatoms. The Bertz CT molecular complexity index is 864. The van der Waals surface area contributed by atoms with Crippen LogP contribution in [0.25, 0.3) is 10.9 Å². The second-order valence-electron chi connectivity index (χ2n) is 6.29. The topological polar surface area (TPSA) is 54.2 Å². The first kappa shape index (κ1) is 21.7. The lowest BCUT2D eigenvalue weighted by Crippen LogP contribution is -2.38. The molecule has 0 saturated heterocycles. The highest BCUT2D eigenvalue weighted by Gasteiger charge is 2.04. The van der Waals surface area contributed by atoms with Gasteiger partial charge in [0.2, 0.25) is 0 Å². The number of aromatic nitrogens is 2. The van der Waals surface area contributed by atoms with E-state index in [-0.39, 0.29) is 24.0 Å². The van der Waals surface area contributed by atoms with Gasteiger partial charge in [0.05, 0.1) is 12.2 Å². The van der Waals surface area contributed by atoms with Crippen LogP contribution in [0.1, 0.15) is 28.9 Å². The number of halogens is 1. The average molecular weight is 497 g/mol. The van der Waals surface area contributed by atoms with E-state index in [0.717, 1.165) is 42.7 Å². The van der Waals surface area contributed by atoms with Gasteiger partial charge in [0.15, 0.2) is 5.96 Å². The van der Waals surface area contributed by atoms with Gasteiger partial charge in [-0.1, -0.05) is 18.2 Å². The molecule has 27 heavy (non-hydrogen) atoms. The number of guanidine groups is 1. The molecule has 0 aliphatic carbocycles. The predicted molar refractivity (Wildman–Crippen MR) is 126 cm³/mol. The molecule has 0 aliphatic rings. The van der Waals surface area contributed by atoms with Gasteiger partial charge in [-0.05, 0) is 44.7 Å². The largest absolute Gasteiger partial charge is 0.357 e. The number of benzene rings is 1. The van der Waals surface area contributed by atoms with Crippen molar-refractivity contribution < 1.29 is 0 Å². The summed E-state index contributed by atoms with van der Waals surface area (Å²) in [5.41, 5.74) is 2.40. The molecule has 0 unspecified atom stereocenters. The van der Waals surface area contributed by atoms with E-state index in [4.69, 9.17) is 0 Å². The van der Waals surface area contributed by atoms with Crippen LogP contribution in [0.2, 0.25) is 0 Å². The van der Waals surface area contributed by atoms with Gasteiger partial charge in [-0.15, -0.1) is 35.3 Å². The van der Waals surface area contributed by atoms with Crippen molar-refractivity contribution in [1.82, 2.24) is 20.2 Å². The Labute approximate surface area is 182 Å². The van der Waals surface area contributed by atoms with E-state index < -0.39 is 0 Å². The van der Waals surface area contributed by atoms with Gasteiger partial charge in [-0.25, -0.2) is 9.98 Å². The van der Waals surface area contributed by atoms with E-state index in [1.165, 1.54) is 15.8 Å². The molecule has 146 valence electrons. The molecule has 0 radical (unpaired) electrons. The molecule has 3 rings (SSSR count). The van der Waals surface area contributed by atoms with Gasteiger partial charge in [0, 0.05) is 36.2 Å². The second-order valence-corrected chi connectivity index (χ2v) is 7.58. The first-order chi connectivity index (χ1) is 12.7. The number of nitrogens with one attached hydrogen (secondary N) is 2. The van der Waals surface area contributed by atoms with Gasteiger partial charge in [-0.2, -0.15) is 0 Å². The van der Waals surface area contributed by atoms with Crippen molar-refractivity contribution in [3.8, 4) is 0 Å². The molecule has 2 aromatic heterocycles. The molecular weight excluding hydrogens is 469 g/mol. The van der Waals surface area contributed by atoms with Crippen molar-refractivity contribution in [3.63, 3.8) is 0 Å². The van der Waals surface area contributed by atoms with Gasteiger partial charge < -0.3 is 15.2 Å². The number of hydrogen-bond donors (Lipinski definition) is 2. The SMILES string of the molecule is CCNC(=NCc1nc(C)c(C)s1)NCCCn1ccc2ccccc21.I. The quantitative estimate of drug-likeness (QED) is 0.219. The normalized spacial score (nSPS) is 11.4. The monoisotopic (exact) mass is 497 g/mol. The standard InChI is InChI=1S/C20H27N5S.HI/c1-4-21-20(23-14-19-24-15(2)16(3)26-19)22-11-7-12-25-13-10-17-8-5-6-9-18(17)25;/h5-6,8-10,13H,4,7,11-12,14H2,1-3H3,(H2,21,22,23);1H. The molecule has 0 bridgehead atoms. The van der Waals surface area contributed by atoms with E-state index in [0.29, 0.717) is 6.54 Å². The molecule has 0 amide bonds. The fourth-order valence-corrected chi connectivity index (χ4v) is 3.75. The van der Waals surface area contributed by atoms with Crippen molar-refractivity contribution in [2.24, 2.45) is 4.99 Å². The highest BCUT2D eigenvalue weighted by atomic mass is 127. The molecule has 1 aromatic carbocycles. The van der Waals surface area contributed by atoms with Crippen LogP contribution in [-0.4, -0.2) is 28.6 Å². The average Bonchev–Trinajstić information content (AvgIpc) is 3.20. The minimum Gasteiger partial charge on any atom is -0.357 e. The number of thiazole rings is 1. The van der Waals surface area contributed by atoms with Crippen LogP contribution in [0.3, 0.4) is 0 Å². The molecule has 2 heterocycles. The Hall–Kier alpha value is -1.61. The Balaban J connectivity index is 0.00000261. The number of fused-ring (bicyclic) bond motifs is 1. The summed E-state index contributed by atoms with van der Waals surface area (Å²) in [5.74, 6) is 0.857. The van der Waals surface area contributed by atoms with E-state index in [1.54, 1.807) is 11.3 Å². The number of rotatable bonds is 7. The van der Waals surface area contributed by atoms with Crippen molar-refractivity contribution in [3.05, 3.63) is 52.1 Å². The number of aryl methyl sites for hydroxylation is 3. The van der Waals surface area contributed by atoms with Crippen LogP contribution >= 0.6 is 35.3 Å². The molecular formula is C20H28IN5S. The van der Waals surface area contributed by atoms with Crippen LogP contribution in [0.5, 0.6) is 0 Å². The zero-order valence-electron chi connectivity index (χ0n) is 16.2. The second kappa shape index (κ2) is 10.7. The molecule has 0 aliphatic heterocycles. The number of hydrogen-bond acceptors (Lipinski definition) is 3. The third-order valence-electron chi connectivity index (χ3n) is 4.34. The molecule has 3 aromatic rings. The van der Waals surface area contributed by atoms with Gasteiger partial charge in [0.1, 0.15) is 5.01 Å². The van der Waals surface area contributed by atoms with Crippen LogP contribution < -0.4 is 10.6 Å². The maximum Gasteiger partial charge on any atom is 0.191 e. The minimum atomic E-state index is 0. The van der Waals surface area contributed by atoms with Crippen LogP contribution in [0.4, 0.5) is 0 Å². The van der Waals surface area contributed by atoms with Crippen LogP contribution in [0, 0.1) is 13.8 Å². The highest BCUT2D eigenvalue weighted by molar-refractivity contribution is 14.0. The minimum absolute atomic E-state index is 0. The fraction of sp³-hybridized carbons (Fsp3) is 0.400. The zero-order valence-corrected chi connectivity index (χ0v) is 19.3. The van der Waals surface area contributed by atoms with Crippen molar-refractivity contribution in [2.75, 3.05) is 13.1 Å². The third kappa shape index (κ3) is 5.93. The van der Waals surface area contributed by atoms with E-state index in [1.807, 2.05) is 6.92 Å². The summed E-state index contributed by atoms with van der Waals surface area (Å²) in [7, 11) is 0. The predicted octanol–water partition coefficient (Wildman–Crippen LogP) is 4.48. The summed E-state index contributed by atoms with van der Waals surface area (Å²) in [6.07, 6.45) is 3.20. The fourth-order valence-electron chi connectivity index (χ4n) is 2.89. The molecule has 0 atom stereocenters. The summed E-state index contributed by atoms with van der Waals surface area (Å²) in [6, 6.07) is 10.7. The Morgan fingerprint density at radius 1 is 1.19 bits per heavy atom. The first-order valence-corrected chi connectivity index (χ1v) is 9.98. The molecule has 0 fully saturated rings. The maximum absolute atomic E-state index is 4.66. The number of nitrogens with zero attached hydrogens (tertiary/aromatic N) is 3. The van der Waals surface area contributed by atoms with E-state index >= 15 is 0 Å².